The van der Waals surface area contributed by atoms with E-state index in [0.29, 0.717) is 22.0 Å². The van der Waals surface area contributed by atoms with Gasteiger partial charge in [0.2, 0.25) is 0 Å². The van der Waals surface area contributed by atoms with Crippen molar-refractivity contribution >= 4 is 56.5 Å². The number of nitrogens with zero attached hydrogens (tertiary/aromatic N) is 2. The van der Waals surface area contributed by atoms with Gasteiger partial charge in [-0.05, 0) is 60.1 Å². The zero-order chi connectivity index (χ0) is 27.0. The van der Waals surface area contributed by atoms with E-state index in [-0.39, 0.29) is 18.8 Å². The predicted molar refractivity (Wildman–Crippen MR) is 138 cm³/mol. The van der Waals surface area contributed by atoms with Crippen LogP contribution in [-0.4, -0.2) is 62.7 Å². The van der Waals surface area contributed by atoms with Gasteiger partial charge in [0.05, 0.1) is 17.0 Å². The number of ether oxygens (including phenoxy) is 3. The second kappa shape index (κ2) is 10.1. The van der Waals surface area contributed by atoms with Crippen molar-refractivity contribution in [3.8, 4) is 0 Å². The largest absolute Gasteiger partial charge is 0.463 e. The number of carbonyl (C=O) groups excluding carboxylic acids is 4. The monoisotopic (exact) mass is 562 g/mol. The summed E-state index contributed by atoms with van der Waals surface area (Å²) < 4.78 is 17.4. The van der Waals surface area contributed by atoms with Crippen LogP contribution in [0, 0.1) is 0 Å². The summed E-state index contributed by atoms with van der Waals surface area (Å²) in [5, 5.41) is 0.540. The highest BCUT2D eigenvalue weighted by Crippen LogP contribution is 2.39. The van der Waals surface area contributed by atoms with Crippen LogP contribution in [0.15, 0.2) is 30.3 Å². The van der Waals surface area contributed by atoms with Gasteiger partial charge in [0, 0.05) is 23.6 Å². The number of amides is 2. The fourth-order valence-electron chi connectivity index (χ4n) is 3.81. The van der Waals surface area contributed by atoms with Crippen LogP contribution >= 0.6 is 15.9 Å². The van der Waals surface area contributed by atoms with Crippen LogP contribution < -0.4 is 0 Å². The molecule has 1 aromatic carbocycles. The molecular formula is C26H31BrN2O7. The van der Waals surface area contributed by atoms with Gasteiger partial charge in [-0.3, -0.25) is 4.79 Å². The van der Waals surface area contributed by atoms with E-state index in [1.807, 2.05) is 0 Å². The third kappa shape index (κ3) is 5.80. The lowest BCUT2D eigenvalue weighted by molar-refractivity contribution is -0.137. The third-order valence-corrected chi connectivity index (χ3v) is 5.82. The Hall–Kier alpha value is -3.14. The maximum absolute atomic E-state index is 14.0. The number of aromatic nitrogens is 1. The number of rotatable bonds is 2. The van der Waals surface area contributed by atoms with E-state index in [4.69, 9.17) is 14.2 Å². The van der Waals surface area contributed by atoms with E-state index in [2.05, 4.69) is 15.9 Å². The number of alkyl halides is 1. The molecule has 0 saturated carbocycles. The van der Waals surface area contributed by atoms with E-state index in [1.165, 1.54) is 6.08 Å². The van der Waals surface area contributed by atoms with Gasteiger partial charge < -0.3 is 14.2 Å². The molecule has 1 unspecified atom stereocenters. The van der Waals surface area contributed by atoms with Crippen molar-refractivity contribution in [1.82, 2.24) is 9.47 Å². The summed E-state index contributed by atoms with van der Waals surface area (Å²) in [6.45, 7) is 11.9. The topological polar surface area (TPSA) is 104 Å². The average Bonchev–Trinajstić information content (AvgIpc) is 3.03. The minimum absolute atomic E-state index is 0.103. The summed E-state index contributed by atoms with van der Waals surface area (Å²) >= 11 is 3.55. The van der Waals surface area contributed by atoms with Gasteiger partial charge in [0.1, 0.15) is 16.9 Å². The zero-order valence-corrected chi connectivity index (χ0v) is 23.1. The van der Waals surface area contributed by atoms with Gasteiger partial charge in [-0.1, -0.05) is 34.1 Å². The number of hydrogen-bond donors (Lipinski definition) is 0. The van der Waals surface area contributed by atoms with Crippen molar-refractivity contribution in [2.75, 3.05) is 13.2 Å². The van der Waals surface area contributed by atoms with Crippen LogP contribution in [0.25, 0.3) is 16.5 Å². The number of para-hydroxylation sites is 1. The molecule has 2 aromatic rings. The van der Waals surface area contributed by atoms with Gasteiger partial charge in [-0.15, -0.1) is 0 Å². The van der Waals surface area contributed by atoms with Gasteiger partial charge >= 0.3 is 18.2 Å². The molecule has 1 aromatic heterocycles. The van der Waals surface area contributed by atoms with Gasteiger partial charge in [0.15, 0.2) is 0 Å². The molecule has 0 saturated heterocycles. The average molecular weight is 563 g/mol. The fourth-order valence-corrected chi connectivity index (χ4v) is 4.46. The molecule has 194 valence electrons. The summed E-state index contributed by atoms with van der Waals surface area (Å²) in [6.07, 6.45) is -0.387. The van der Waals surface area contributed by atoms with E-state index in [0.717, 1.165) is 9.47 Å². The summed E-state index contributed by atoms with van der Waals surface area (Å²) in [6, 6.07) is 6.89. The Labute approximate surface area is 218 Å². The Morgan fingerprint density at radius 1 is 1.03 bits per heavy atom. The van der Waals surface area contributed by atoms with Gasteiger partial charge in [-0.25, -0.2) is 23.9 Å². The van der Waals surface area contributed by atoms with Crippen LogP contribution in [0.2, 0.25) is 0 Å². The van der Waals surface area contributed by atoms with Gasteiger partial charge in [-0.2, -0.15) is 0 Å². The standard InChI is InChI=1S/C26H31BrN2O7/c1-8-34-19(30)13-16-17(27)14-28(23(32)35-25(2,3)4)22(31)21-20(16)15-11-9-10-12-18(15)29(21)24(33)36-26(5,6)7/h9-13,17H,8,14H2,1-7H3/b16-13+. The highest BCUT2D eigenvalue weighted by Gasteiger charge is 2.41. The van der Waals surface area contributed by atoms with E-state index in [1.54, 1.807) is 72.7 Å². The highest BCUT2D eigenvalue weighted by atomic mass is 79.9. The number of carbonyl (C=O) groups is 4. The Bertz CT molecular complexity index is 1250. The van der Waals surface area contributed by atoms with Crippen molar-refractivity contribution < 1.29 is 33.4 Å². The molecule has 10 heteroatoms. The van der Waals surface area contributed by atoms with Crippen molar-refractivity contribution in [1.29, 1.82) is 0 Å². The summed E-state index contributed by atoms with van der Waals surface area (Å²) in [4.78, 5) is 53.3. The first-order chi connectivity index (χ1) is 16.6. The molecule has 0 aliphatic carbocycles. The molecule has 2 amide bonds. The first kappa shape index (κ1) is 27.4. The molecule has 1 aliphatic rings. The molecule has 0 radical (unpaired) electrons. The number of hydrogen-bond acceptors (Lipinski definition) is 7. The molecule has 1 atom stereocenters. The van der Waals surface area contributed by atoms with Crippen LogP contribution in [0.4, 0.5) is 9.59 Å². The predicted octanol–water partition coefficient (Wildman–Crippen LogP) is 5.53. The number of imide groups is 1. The normalized spacial score (nSPS) is 17.6. The third-order valence-electron chi connectivity index (χ3n) is 5.04. The van der Waals surface area contributed by atoms with Gasteiger partial charge in [0.25, 0.3) is 5.91 Å². The summed E-state index contributed by atoms with van der Waals surface area (Å²) in [5.74, 6) is -1.37. The number of benzene rings is 1. The molecule has 9 nitrogen and oxygen atoms in total. The molecule has 0 bridgehead atoms. The lowest BCUT2D eigenvalue weighted by Crippen LogP contribution is -2.43. The SMILES string of the molecule is CCOC(=O)/C=C1/c2c(n(C(=O)OC(C)(C)C)c3ccccc23)C(=O)N(C(=O)OC(C)(C)C)CC1Br. The molecule has 0 fully saturated rings. The van der Waals surface area contributed by atoms with Crippen LogP contribution in [0.5, 0.6) is 0 Å². The van der Waals surface area contributed by atoms with Crippen LogP contribution in [0.1, 0.15) is 64.5 Å². The van der Waals surface area contributed by atoms with E-state index < -0.39 is 40.1 Å². The Morgan fingerprint density at radius 3 is 2.19 bits per heavy atom. The van der Waals surface area contributed by atoms with Crippen molar-refractivity contribution in [2.24, 2.45) is 0 Å². The smallest absolute Gasteiger partial charge is 0.419 e. The molecular weight excluding hydrogens is 532 g/mol. The molecule has 0 N–H and O–H groups in total. The van der Waals surface area contributed by atoms with Crippen molar-refractivity contribution in [3.63, 3.8) is 0 Å². The molecule has 0 spiro atoms. The highest BCUT2D eigenvalue weighted by molar-refractivity contribution is 9.09. The first-order valence-electron chi connectivity index (χ1n) is 11.6. The number of halogens is 1. The summed E-state index contributed by atoms with van der Waals surface area (Å²) in [5.41, 5.74) is -0.700. The second-order valence-electron chi connectivity index (χ2n) is 10.3. The summed E-state index contributed by atoms with van der Waals surface area (Å²) in [7, 11) is 0. The number of fused-ring (bicyclic) bond motifs is 3. The van der Waals surface area contributed by atoms with Crippen LogP contribution in [0.3, 0.4) is 0 Å². The van der Waals surface area contributed by atoms with Crippen LogP contribution in [-0.2, 0) is 19.0 Å². The molecule has 1 aliphatic heterocycles. The van der Waals surface area contributed by atoms with E-state index >= 15 is 0 Å². The Kier molecular flexibility index (Phi) is 7.69. The number of esters is 1. The maximum atomic E-state index is 14.0. The zero-order valence-electron chi connectivity index (χ0n) is 21.5. The lowest BCUT2D eigenvalue weighted by Gasteiger charge is -2.26. The quantitative estimate of drug-likeness (QED) is 0.205. The minimum Gasteiger partial charge on any atom is -0.463 e. The lowest BCUT2D eigenvalue weighted by atomic mass is 9.99. The second-order valence-corrected chi connectivity index (χ2v) is 11.4. The molecule has 2 heterocycles. The first-order valence-corrected chi connectivity index (χ1v) is 12.5. The Morgan fingerprint density at radius 2 is 1.61 bits per heavy atom. The van der Waals surface area contributed by atoms with E-state index in [9.17, 15) is 19.2 Å². The Balaban J connectivity index is 2.36. The van der Waals surface area contributed by atoms with Crippen molar-refractivity contribution in [3.05, 3.63) is 41.6 Å². The minimum atomic E-state index is -0.874. The maximum Gasteiger partial charge on any atom is 0.419 e. The molecule has 3 rings (SSSR count). The fraction of sp³-hybridized carbons (Fsp3) is 0.462. The molecule has 36 heavy (non-hydrogen) atoms. The van der Waals surface area contributed by atoms with Crippen molar-refractivity contribution in [2.45, 2.75) is 64.5 Å².